The highest BCUT2D eigenvalue weighted by Gasteiger charge is 2.23. The van der Waals surface area contributed by atoms with Crippen molar-refractivity contribution < 1.29 is 25.8 Å². The van der Waals surface area contributed by atoms with Crippen molar-refractivity contribution in [2.45, 2.75) is 55.4 Å². The zero-order valence-corrected chi connectivity index (χ0v) is 36.7. The Kier molecular flexibility index (Phi) is 9.32. The van der Waals surface area contributed by atoms with Gasteiger partial charge in [0.25, 0.3) is 0 Å². The van der Waals surface area contributed by atoms with Crippen LogP contribution in [0.3, 0.4) is 0 Å². The first-order chi connectivity index (χ1) is 29.0. The van der Waals surface area contributed by atoms with Crippen molar-refractivity contribution in [3.8, 4) is 22.6 Å². The van der Waals surface area contributed by atoms with Crippen molar-refractivity contribution in [2.75, 3.05) is 0 Å². The fraction of sp³-hybridized carbons (Fsp3) is 0.154. The number of fused-ring (bicyclic) bond motifs is 8. The Labute approximate surface area is 350 Å². The van der Waals surface area contributed by atoms with Gasteiger partial charge in [0, 0.05) is 32.7 Å². The SMILES string of the molecule is Cc1cc(C)c2op(Oc3ccc4ccccc4c3-c3c(Op4oc5c(C)cc(C)cc5c5cc(C)cc(C)c5o4)ccc4ccccc34)oc3c(C)cc(C)cc3c2c1. The second kappa shape index (κ2) is 14.7. The number of rotatable bonds is 5. The smallest absolute Gasteiger partial charge is 0.390 e. The molecule has 2 heterocycles. The lowest BCUT2D eigenvalue weighted by atomic mass is 9.92. The maximum absolute atomic E-state index is 7.08. The van der Waals surface area contributed by atoms with E-state index in [9.17, 15) is 0 Å². The molecular formula is C52H44O6P2. The van der Waals surface area contributed by atoms with Crippen molar-refractivity contribution in [1.29, 1.82) is 0 Å². The van der Waals surface area contributed by atoms with Crippen LogP contribution in [0, 0.1) is 55.4 Å². The molecule has 6 nitrogen and oxygen atoms in total. The van der Waals surface area contributed by atoms with Crippen LogP contribution in [0.25, 0.3) is 76.5 Å². The molecule has 0 saturated heterocycles. The second-order valence-corrected chi connectivity index (χ2v) is 18.1. The summed E-state index contributed by atoms with van der Waals surface area (Å²) in [5.41, 5.74) is 13.4. The molecule has 0 atom stereocenters. The van der Waals surface area contributed by atoms with Gasteiger partial charge < -0.3 is 25.8 Å². The largest absolute Gasteiger partial charge is 0.453 e. The van der Waals surface area contributed by atoms with E-state index in [-0.39, 0.29) is 0 Å². The Bertz CT molecular complexity index is 3120. The highest BCUT2D eigenvalue weighted by Crippen LogP contribution is 2.51. The fourth-order valence-electron chi connectivity index (χ4n) is 8.84. The molecule has 10 rings (SSSR count). The molecule has 0 amide bonds. The first kappa shape index (κ1) is 37.9. The first-order valence-corrected chi connectivity index (χ1v) is 22.4. The molecule has 0 fully saturated rings. The average molecular weight is 827 g/mol. The molecule has 0 saturated carbocycles. The molecule has 2 aromatic heterocycles. The minimum atomic E-state index is -1.99. The molecule has 0 aliphatic heterocycles. The van der Waals surface area contributed by atoms with Gasteiger partial charge in [0.05, 0.1) is 0 Å². The minimum Gasteiger partial charge on any atom is -0.390 e. The molecule has 8 aromatic carbocycles. The predicted octanol–water partition coefficient (Wildman–Crippen LogP) is 17.0. The van der Waals surface area contributed by atoms with Crippen molar-refractivity contribution in [2.24, 2.45) is 0 Å². The standard InChI is InChI=1S/C52H44O6P2/c1-29-21-33(5)49-41(25-29)42-26-30(2)22-34(6)50(42)56-59(55-49)53-45-19-17-37-13-9-11-15-39(37)47(45)48-40-16-12-10-14-38(40)18-20-46(48)54-60-57-51-35(7)23-31(3)27-43(51)44-28-32(4)24-36(8)52(44)58-60/h9-28H,1-8H3. The van der Waals surface area contributed by atoms with Crippen LogP contribution in [-0.4, -0.2) is 0 Å². The Hall–Kier alpha value is -6.32. The van der Waals surface area contributed by atoms with E-state index in [0.29, 0.717) is 11.5 Å². The van der Waals surface area contributed by atoms with Gasteiger partial charge in [0.1, 0.15) is 33.8 Å². The summed E-state index contributed by atoms with van der Waals surface area (Å²) in [6, 6.07) is 42.2. The lowest BCUT2D eigenvalue weighted by Gasteiger charge is -2.18. The van der Waals surface area contributed by atoms with Gasteiger partial charge in [-0.3, -0.25) is 0 Å². The van der Waals surface area contributed by atoms with Crippen LogP contribution < -0.4 is 9.05 Å². The molecule has 0 radical (unpaired) electrons. The lowest BCUT2D eigenvalue weighted by molar-refractivity contribution is 0.494. The van der Waals surface area contributed by atoms with Gasteiger partial charge in [-0.2, -0.15) is 0 Å². The highest BCUT2D eigenvalue weighted by molar-refractivity contribution is 7.32. The zero-order chi connectivity index (χ0) is 41.4. The summed E-state index contributed by atoms with van der Waals surface area (Å²) in [5, 5.41) is 8.07. The van der Waals surface area contributed by atoms with Gasteiger partial charge in [0.2, 0.25) is 0 Å². The molecule has 0 N–H and O–H groups in total. The van der Waals surface area contributed by atoms with Gasteiger partial charge in [-0.1, -0.05) is 84.9 Å². The molecule has 8 heteroatoms. The number of hydrogen-bond donors (Lipinski definition) is 0. The van der Waals surface area contributed by atoms with Crippen LogP contribution in [0.4, 0.5) is 0 Å². The number of benzene rings is 8. The zero-order valence-electron chi connectivity index (χ0n) is 34.9. The topological polar surface area (TPSA) is 71.0 Å². The van der Waals surface area contributed by atoms with Crippen LogP contribution in [-0.2, 0) is 0 Å². The molecule has 10 aromatic rings. The fourth-order valence-corrected chi connectivity index (χ4v) is 11.3. The van der Waals surface area contributed by atoms with Crippen LogP contribution in [0.15, 0.2) is 138 Å². The molecule has 0 aliphatic rings. The molecular weight excluding hydrogens is 783 g/mol. The summed E-state index contributed by atoms with van der Waals surface area (Å²) in [5.74, 6) is 1.20. The van der Waals surface area contributed by atoms with E-state index in [2.05, 4.69) is 165 Å². The van der Waals surface area contributed by atoms with Gasteiger partial charge in [-0.05, 0) is 158 Å². The van der Waals surface area contributed by atoms with E-state index in [1.807, 2.05) is 12.1 Å². The lowest BCUT2D eigenvalue weighted by Crippen LogP contribution is -1.93. The third-order valence-electron chi connectivity index (χ3n) is 11.3. The third kappa shape index (κ3) is 6.61. The van der Waals surface area contributed by atoms with Crippen LogP contribution in [0.5, 0.6) is 11.5 Å². The normalized spacial score (nSPS) is 11.7. The third-order valence-corrected chi connectivity index (χ3v) is 13.3. The Morgan fingerprint density at radius 3 is 0.950 bits per heavy atom. The van der Waals surface area contributed by atoms with E-state index < -0.39 is 16.5 Å². The van der Waals surface area contributed by atoms with Gasteiger partial charge in [-0.25, -0.2) is 0 Å². The van der Waals surface area contributed by atoms with E-state index in [1.54, 1.807) is 0 Å². The van der Waals surface area contributed by atoms with Crippen LogP contribution >= 0.6 is 16.5 Å². The second-order valence-electron chi connectivity index (χ2n) is 16.1. The summed E-state index contributed by atoms with van der Waals surface area (Å²) in [7, 11) is -3.98. The number of hydrogen-bond acceptors (Lipinski definition) is 6. The van der Waals surface area contributed by atoms with E-state index in [1.165, 1.54) is 0 Å². The van der Waals surface area contributed by atoms with Crippen molar-refractivity contribution >= 4 is 81.9 Å². The summed E-state index contributed by atoms with van der Waals surface area (Å²) in [6.07, 6.45) is 0. The molecule has 0 aliphatic carbocycles. The van der Waals surface area contributed by atoms with Crippen LogP contribution in [0.1, 0.15) is 44.5 Å². The molecule has 0 spiro atoms. The molecule has 0 unspecified atom stereocenters. The van der Waals surface area contributed by atoms with Crippen LogP contribution in [0.2, 0.25) is 0 Å². The van der Waals surface area contributed by atoms with Gasteiger partial charge in [0.15, 0.2) is 0 Å². The molecule has 60 heavy (non-hydrogen) atoms. The Balaban J connectivity index is 1.25. The maximum atomic E-state index is 7.08. The first-order valence-electron chi connectivity index (χ1n) is 20.2. The maximum Gasteiger partial charge on any atom is 0.453 e. The predicted molar refractivity (Wildman–Crippen MR) is 249 cm³/mol. The van der Waals surface area contributed by atoms with Gasteiger partial charge >= 0.3 is 16.5 Å². The van der Waals surface area contributed by atoms with E-state index in [4.69, 9.17) is 25.8 Å². The monoisotopic (exact) mass is 826 g/mol. The van der Waals surface area contributed by atoms with E-state index >= 15 is 0 Å². The quantitative estimate of drug-likeness (QED) is 0.172. The minimum absolute atomic E-state index is 0.601. The molecule has 298 valence electrons. The Morgan fingerprint density at radius 2 is 0.633 bits per heavy atom. The van der Waals surface area contributed by atoms with Crippen molar-refractivity contribution in [3.05, 3.63) is 166 Å². The average Bonchev–Trinajstić information content (AvgIpc) is 3.46. The summed E-state index contributed by atoms with van der Waals surface area (Å²) < 4.78 is 41.5. The highest BCUT2D eigenvalue weighted by atomic mass is 31.1. The molecule has 0 bridgehead atoms. The summed E-state index contributed by atoms with van der Waals surface area (Å²) in [6.45, 7) is 16.8. The van der Waals surface area contributed by atoms with Gasteiger partial charge in [-0.15, -0.1) is 0 Å². The van der Waals surface area contributed by atoms with E-state index in [0.717, 1.165) is 121 Å². The van der Waals surface area contributed by atoms with Crippen molar-refractivity contribution in [3.63, 3.8) is 0 Å². The summed E-state index contributed by atoms with van der Waals surface area (Å²) >= 11 is 0. The Morgan fingerprint density at radius 1 is 0.333 bits per heavy atom. The number of aryl methyl sites for hydroxylation is 8. The summed E-state index contributed by atoms with van der Waals surface area (Å²) in [4.78, 5) is 0. The van der Waals surface area contributed by atoms with Crippen molar-refractivity contribution in [1.82, 2.24) is 0 Å².